The van der Waals surface area contributed by atoms with Gasteiger partial charge in [-0.15, -0.1) is 0 Å². The SMILES string of the molecule is CN(C)C(=O)NCCNC1CCOc2ccccc21. The van der Waals surface area contributed by atoms with Crippen LogP contribution in [0.2, 0.25) is 0 Å². The number of para-hydroxylation sites is 1. The first-order chi connectivity index (χ1) is 9.18. The number of nitrogens with zero attached hydrogens (tertiary/aromatic N) is 1. The number of carbonyl (C=O) groups is 1. The van der Waals surface area contributed by atoms with E-state index in [0.29, 0.717) is 12.6 Å². The Hall–Kier alpha value is -1.75. The number of fused-ring (bicyclic) bond motifs is 1. The van der Waals surface area contributed by atoms with Crippen molar-refractivity contribution in [1.29, 1.82) is 0 Å². The van der Waals surface area contributed by atoms with Crippen molar-refractivity contribution >= 4 is 6.03 Å². The summed E-state index contributed by atoms with van der Waals surface area (Å²) in [5.74, 6) is 0.962. The predicted octanol–water partition coefficient (Wildman–Crippen LogP) is 1.37. The van der Waals surface area contributed by atoms with Crippen molar-refractivity contribution in [3.8, 4) is 5.75 Å². The molecule has 5 heteroatoms. The summed E-state index contributed by atoms with van der Waals surface area (Å²) < 4.78 is 5.61. The molecule has 1 aliphatic rings. The van der Waals surface area contributed by atoms with Gasteiger partial charge in [-0.1, -0.05) is 18.2 Å². The van der Waals surface area contributed by atoms with Gasteiger partial charge in [-0.3, -0.25) is 0 Å². The zero-order valence-electron chi connectivity index (χ0n) is 11.5. The third kappa shape index (κ3) is 3.61. The Balaban J connectivity index is 1.80. The average Bonchev–Trinajstić information content (AvgIpc) is 2.43. The molecule has 0 saturated carbocycles. The van der Waals surface area contributed by atoms with Gasteiger partial charge in [-0.2, -0.15) is 0 Å². The largest absolute Gasteiger partial charge is 0.493 e. The van der Waals surface area contributed by atoms with Crippen LogP contribution in [0, 0.1) is 0 Å². The van der Waals surface area contributed by atoms with E-state index in [4.69, 9.17) is 4.74 Å². The quantitative estimate of drug-likeness (QED) is 0.807. The first kappa shape index (κ1) is 13.7. The maximum atomic E-state index is 11.4. The van der Waals surface area contributed by atoms with Crippen LogP contribution in [0.25, 0.3) is 0 Å². The van der Waals surface area contributed by atoms with Gasteiger partial charge in [-0.05, 0) is 6.07 Å². The van der Waals surface area contributed by atoms with Crippen LogP contribution in [0.4, 0.5) is 4.79 Å². The number of carbonyl (C=O) groups excluding carboxylic acids is 1. The molecule has 0 aromatic heterocycles. The standard InChI is InChI=1S/C14H21N3O2/c1-17(2)14(18)16-9-8-15-12-7-10-19-13-6-4-3-5-11(12)13/h3-6,12,15H,7-10H2,1-2H3,(H,16,18). The van der Waals surface area contributed by atoms with E-state index in [0.717, 1.165) is 25.3 Å². The molecule has 2 rings (SSSR count). The van der Waals surface area contributed by atoms with Crippen LogP contribution >= 0.6 is 0 Å². The first-order valence-corrected chi connectivity index (χ1v) is 6.59. The average molecular weight is 263 g/mol. The Bertz CT molecular complexity index is 434. The Kier molecular flexibility index (Phi) is 4.63. The molecule has 0 saturated heterocycles. The molecule has 0 radical (unpaired) electrons. The van der Waals surface area contributed by atoms with Crippen molar-refractivity contribution in [3.63, 3.8) is 0 Å². The number of urea groups is 1. The lowest BCUT2D eigenvalue weighted by Crippen LogP contribution is -2.39. The van der Waals surface area contributed by atoms with Crippen LogP contribution in [0.3, 0.4) is 0 Å². The molecule has 0 spiro atoms. The third-order valence-electron chi connectivity index (χ3n) is 3.16. The molecule has 5 nitrogen and oxygen atoms in total. The molecule has 1 heterocycles. The normalized spacial score (nSPS) is 17.3. The summed E-state index contributed by atoms with van der Waals surface area (Å²) in [4.78, 5) is 12.9. The lowest BCUT2D eigenvalue weighted by atomic mass is 10.0. The second-order valence-corrected chi connectivity index (χ2v) is 4.81. The summed E-state index contributed by atoms with van der Waals surface area (Å²) in [6, 6.07) is 8.34. The van der Waals surface area contributed by atoms with Gasteiger partial charge in [0, 0.05) is 45.2 Å². The van der Waals surface area contributed by atoms with Crippen molar-refractivity contribution in [2.24, 2.45) is 0 Å². The number of hydrogen-bond acceptors (Lipinski definition) is 3. The van der Waals surface area contributed by atoms with E-state index in [1.165, 1.54) is 10.5 Å². The van der Waals surface area contributed by atoms with E-state index < -0.39 is 0 Å². The van der Waals surface area contributed by atoms with Gasteiger partial charge in [0.15, 0.2) is 0 Å². The van der Waals surface area contributed by atoms with Gasteiger partial charge in [0.1, 0.15) is 5.75 Å². The van der Waals surface area contributed by atoms with Crippen LogP contribution in [0.1, 0.15) is 18.0 Å². The Morgan fingerprint density at radius 1 is 1.37 bits per heavy atom. The number of ether oxygens (including phenoxy) is 1. The fourth-order valence-electron chi connectivity index (χ4n) is 2.13. The summed E-state index contributed by atoms with van der Waals surface area (Å²) in [6.07, 6.45) is 0.957. The van der Waals surface area contributed by atoms with Gasteiger partial charge in [0.05, 0.1) is 6.61 Å². The highest BCUT2D eigenvalue weighted by Crippen LogP contribution is 2.31. The summed E-state index contributed by atoms with van der Waals surface area (Å²) >= 11 is 0. The molecule has 2 amide bonds. The minimum absolute atomic E-state index is 0.0609. The predicted molar refractivity (Wildman–Crippen MR) is 74.4 cm³/mol. The minimum Gasteiger partial charge on any atom is -0.493 e. The van der Waals surface area contributed by atoms with Crippen LogP contribution in [0.5, 0.6) is 5.75 Å². The Morgan fingerprint density at radius 2 is 2.16 bits per heavy atom. The molecule has 1 atom stereocenters. The molecule has 104 valence electrons. The van der Waals surface area contributed by atoms with E-state index in [2.05, 4.69) is 16.7 Å². The summed E-state index contributed by atoms with van der Waals surface area (Å²) in [5.41, 5.74) is 1.20. The molecular weight excluding hydrogens is 242 g/mol. The summed E-state index contributed by atoms with van der Waals surface area (Å²) in [7, 11) is 3.47. The van der Waals surface area contributed by atoms with Crippen molar-refractivity contribution in [3.05, 3.63) is 29.8 Å². The maximum absolute atomic E-state index is 11.4. The number of rotatable bonds is 4. The monoisotopic (exact) mass is 263 g/mol. The molecule has 1 aliphatic heterocycles. The lowest BCUT2D eigenvalue weighted by Gasteiger charge is -2.26. The van der Waals surface area contributed by atoms with Crippen molar-refractivity contribution < 1.29 is 9.53 Å². The van der Waals surface area contributed by atoms with E-state index in [1.807, 2.05) is 18.2 Å². The number of benzene rings is 1. The van der Waals surface area contributed by atoms with Gasteiger partial charge in [-0.25, -0.2) is 4.79 Å². The molecule has 19 heavy (non-hydrogen) atoms. The van der Waals surface area contributed by atoms with Gasteiger partial charge >= 0.3 is 6.03 Å². The van der Waals surface area contributed by atoms with Crippen LogP contribution in [-0.2, 0) is 0 Å². The summed E-state index contributed by atoms with van der Waals surface area (Å²) in [5, 5.41) is 6.30. The topological polar surface area (TPSA) is 53.6 Å². The maximum Gasteiger partial charge on any atom is 0.316 e. The van der Waals surface area contributed by atoms with Crippen LogP contribution < -0.4 is 15.4 Å². The fraction of sp³-hybridized carbons (Fsp3) is 0.500. The highest BCUT2D eigenvalue weighted by Gasteiger charge is 2.19. The molecule has 2 N–H and O–H groups in total. The smallest absolute Gasteiger partial charge is 0.316 e. The Labute approximate surface area is 113 Å². The first-order valence-electron chi connectivity index (χ1n) is 6.59. The molecule has 1 aromatic carbocycles. The minimum atomic E-state index is -0.0609. The molecule has 1 aromatic rings. The lowest BCUT2D eigenvalue weighted by molar-refractivity contribution is 0.216. The van der Waals surface area contributed by atoms with Gasteiger partial charge in [0.2, 0.25) is 0 Å². The van der Waals surface area contributed by atoms with Crippen molar-refractivity contribution in [1.82, 2.24) is 15.5 Å². The van der Waals surface area contributed by atoms with Crippen molar-refractivity contribution in [2.75, 3.05) is 33.8 Å². The third-order valence-corrected chi connectivity index (χ3v) is 3.16. The van der Waals surface area contributed by atoms with E-state index in [1.54, 1.807) is 14.1 Å². The molecule has 1 unspecified atom stereocenters. The van der Waals surface area contributed by atoms with E-state index >= 15 is 0 Å². The van der Waals surface area contributed by atoms with Crippen LogP contribution in [-0.4, -0.2) is 44.7 Å². The molecule has 0 bridgehead atoms. The number of nitrogens with one attached hydrogen (secondary N) is 2. The zero-order valence-corrected chi connectivity index (χ0v) is 11.5. The second kappa shape index (κ2) is 6.43. The number of amides is 2. The van der Waals surface area contributed by atoms with E-state index in [-0.39, 0.29) is 6.03 Å². The zero-order chi connectivity index (χ0) is 13.7. The molecular formula is C14H21N3O2. The summed E-state index contributed by atoms with van der Waals surface area (Å²) in [6.45, 7) is 2.11. The highest BCUT2D eigenvalue weighted by atomic mass is 16.5. The van der Waals surface area contributed by atoms with Gasteiger partial charge in [0.25, 0.3) is 0 Å². The second-order valence-electron chi connectivity index (χ2n) is 4.81. The molecule has 0 fully saturated rings. The fourth-order valence-corrected chi connectivity index (χ4v) is 2.13. The van der Waals surface area contributed by atoms with Gasteiger partial charge < -0.3 is 20.3 Å². The van der Waals surface area contributed by atoms with E-state index in [9.17, 15) is 4.79 Å². The van der Waals surface area contributed by atoms with Crippen molar-refractivity contribution in [2.45, 2.75) is 12.5 Å². The van der Waals surface area contributed by atoms with Crippen LogP contribution in [0.15, 0.2) is 24.3 Å². The Morgan fingerprint density at radius 3 is 2.95 bits per heavy atom. The highest BCUT2D eigenvalue weighted by molar-refractivity contribution is 5.73. The number of hydrogen-bond donors (Lipinski definition) is 2. The molecule has 0 aliphatic carbocycles.